The third kappa shape index (κ3) is 5.30. The lowest BCUT2D eigenvalue weighted by molar-refractivity contribution is 0.409. The zero-order chi connectivity index (χ0) is 31.9. The molecule has 8 aromatic rings. The highest BCUT2D eigenvalue weighted by molar-refractivity contribution is 6.10. The summed E-state index contributed by atoms with van der Waals surface area (Å²) >= 11 is 0. The van der Waals surface area contributed by atoms with Crippen LogP contribution in [0.3, 0.4) is 0 Å². The zero-order valence-electron chi connectivity index (χ0n) is 26.3. The second-order valence-electron chi connectivity index (χ2n) is 12.5. The molecule has 0 spiro atoms. The van der Waals surface area contributed by atoms with E-state index in [4.69, 9.17) is 4.99 Å². The normalized spacial score (nSPS) is 16.1. The number of rotatable bonds is 5. The molecule has 0 amide bonds. The molecule has 3 nitrogen and oxygen atoms in total. The minimum atomic E-state index is -0.241. The second-order valence-corrected chi connectivity index (χ2v) is 12.5. The predicted molar refractivity (Wildman–Crippen MR) is 201 cm³/mol. The molecule has 8 aromatic carbocycles. The molecule has 1 aliphatic rings. The Labute approximate surface area is 280 Å². The first-order chi connectivity index (χ1) is 23.7. The maximum atomic E-state index is 5.33. The van der Waals surface area contributed by atoms with E-state index in [2.05, 4.69) is 187 Å². The van der Waals surface area contributed by atoms with Crippen LogP contribution in [0, 0.1) is 0 Å². The van der Waals surface area contributed by atoms with Gasteiger partial charge in [-0.1, -0.05) is 158 Å². The number of aliphatic imine (C=N–C) groups is 1. The van der Waals surface area contributed by atoms with Gasteiger partial charge >= 0.3 is 0 Å². The van der Waals surface area contributed by atoms with Gasteiger partial charge in [-0.15, -0.1) is 0 Å². The molecule has 0 radical (unpaired) electrons. The summed E-state index contributed by atoms with van der Waals surface area (Å²) in [4.78, 5) is 5.33. The Bertz CT molecular complexity index is 2460. The minimum Gasteiger partial charge on any atom is -0.350 e. The molecular weight excluding hydrogens is 583 g/mol. The fraction of sp³-hybridized carbons (Fsp3) is 0.0444. The van der Waals surface area contributed by atoms with Gasteiger partial charge < -0.3 is 5.32 Å². The average molecular weight is 616 g/mol. The molecular formula is C45H33N3. The first-order valence-corrected chi connectivity index (χ1v) is 16.5. The summed E-state index contributed by atoms with van der Waals surface area (Å²) in [6.07, 6.45) is -0.369. The molecule has 0 saturated heterocycles. The molecule has 48 heavy (non-hydrogen) atoms. The highest BCUT2D eigenvalue weighted by Gasteiger charge is 2.26. The lowest BCUT2D eigenvalue weighted by Gasteiger charge is -2.32. The first-order valence-electron chi connectivity index (χ1n) is 16.5. The Kier molecular flexibility index (Phi) is 7.03. The van der Waals surface area contributed by atoms with E-state index < -0.39 is 0 Å². The summed E-state index contributed by atoms with van der Waals surface area (Å²) in [6, 6.07) is 63.0. The Balaban J connectivity index is 1.11. The second kappa shape index (κ2) is 12.0. The van der Waals surface area contributed by atoms with Crippen molar-refractivity contribution >= 4 is 38.2 Å². The highest BCUT2D eigenvalue weighted by atomic mass is 15.3. The molecule has 0 aromatic heterocycles. The van der Waals surface area contributed by atoms with Gasteiger partial charge in [-0.2, -0.15) is 0 Å². The number of benzene rings is 8. The number of hydrogen-bond acceptors (Lipinski definition) is 3. The smallest absolute Gasteiger partial charge is 0.132 e. The maximum absolute atomic E-state index is 5.33. The number of nitrogens with zero attached hydrogens (tertiary/aromatic N) is 1. The van der Waals surface area contributed by atoms with Gasteiger partial charge in [0, 0.05) is 5.56 Å². The Hall–Kier alpha value is -6.03. The summed E-state index contributed by atoms with van der Waals surface area (Å²) in [5, 5.41) is 14.8. The van der Waals surface area contributed by atoms with Crippen LogP contribution in [0.5, 0.6) is 0 Å². The molecule has 0 fully saturated rings. The van der Waals surface area contributed by atoms with Gasteiger partial charge in [0.1, 0.15) is 18.2 Å². The predicted octanol–water partition coefficient (Wildman–Crippen LogP) is 10.8. The van der Waals surface area contributed by atoms with Crippen molar-refractivity contribution in [3.05, 3.63) is 193 Å². The monoisotopic (exact) mass is 615 g/mol. The summed E-state index contributed by atoms with van der Waals surface area (Å²) < 4.78 is 0. The van der Waals surface area contributed by atoms with Crippen molar-refractivity contribution in [2.75, 3.05) is 0 Å². The average Bonchev–Trinajstić information content (AvgIpc) is 3.17. The van der Waals surface area contributed by atoms with Gasteiger partial charge in [-0.25, -0.2) is 4.99 Å². The van der Waals surface area contributed by atoms with E-state index in [1.54, 1.807) is 0 Å². The van der Waals surface area contributed by atoms with Crippen LogP contribution < -0.4 is 10.6 Å². The molecule has 1 aliphatic heterocycles. The van der Waals surface area contributed by atoms with E-state index in [1.807, 2.05) is 0 Å². The molecule has 3 heteroatoms. The van der Waals surface area contributed by atoms with Crippen LogP contribution in [0.15, 0.2) is 181 Å². The van der Waals surface area contributed by atoms with Gasteiger partial charge in [0.05, 0.1) is 0 Å². The Morgan fingerprint density at radius 1 is 0.396 bits per heavy atom. The van der Waals surface area contributed by atoms with E-state index in [-0.39, 0.29) is 12.3 Å². The number of fused-ring (bicyclic) bond motifs is 3. The van der Waals surface area contributed by atoms with Gasteiger partial charge in [-0.05, 0) is 83.9 Å². The van der Waals surface area contributed by atoms with Crippen LogP contribution >= 0.6 is 0 Å². The van der Waals surface area contributed by atoms with Crippen LogP contribution in [-0.4, -0.2) is 5.84 Å². The standard InChI is InChI=1S/C45H33N3/c1-2-9-30(10-3-1)32-17-19-33(20-18-32)37-24-21-34-23-26-39(29-40(34)28-37)44-46-43(38-25-22-31-11-4-5-13-36(31)27-38)47-45(48-44)42-16-8-14-35-12-6-7-15-41(35)42/h1-29,43-44,46H,(H,47,48). The first kappa shape index (κ1) is 28.2. The Morgan fingerprint density at radius 2 is 0.979 bits per heavy atom. The summed E-state index contributed by atoms with van der Waals surface area (Å²) in [6.45, 7) is 0. The summed E-state index contributed by atoms with van der Waals surface area (Å²) in [5.74, 6) is 0.890. The van der Waals surface area contributed by atoms with Crippen molar-refractivity contribution in [3.63, 3.8) is 0 Å². The topological polar surface area (TPSA) is 36.4 Å². The molecule has 9 rings (SSSR count). The van der Waals surface area contributed by atoms with Crippen LogP contribution in [0.1, 0.15) is 29.0 Å². The number of hydrogen-bond donors (Lipinski definition) is 2. The van der Waals surface area contributed by atoms with Crippen LogP contribution in [0.25, 0.3) is 54.6 Å². The van der Waals surface area contributed by atoms with Crippen molar-refractivity contribution < 1.29 is 0 Å². The van der Waals surface area contributed by atoms with Crippen LogP contribution in [-0.2, 0) is 0 Å². The fourth-order valence-electron chi connectivity index (χ4n) is 6.96. The molecule has 1 heterocycles. The van der Waals surface area contributed by atoms with Crippen LogP contribution in [0.4, 0.5) is 0 Å². The van der Waals surface area contributed by atoms with Crippen molar-refractivity contribution in [1.82, 2.24) is 10.6 Å². The van der Waals surface area contributed by atoms with Gasteiger partial charge in [0.2, 0.25) is 0 Å². The van der Waals surface area contributed by atoms with Crippen molar-refractivity contribution in [3.8, 4) is 22.3 Å². The molecule has 0 saturated carbocycles. The summed E-state index contributed by atoms with van der Waals surface area (Å²) in [5.41, 5.74) is 8.26. The SMILES string of the molecule is c1ccc(-c2ccc(-c3ccc4ccc(C5N=C(c6cccc7ccccc67)NC(c6ccc7ccccc7c6)N5)cc4c3)cc2)cc1. The molecule has 2 N–H and O–H groups in total. The summed E-state index contributed by atoms with van der Waals surface area (Å²) in [7, 11) is 0. The molecule has 2 unspecified atom stereocenters. The third-order valence-corrected chi connectivity index (χ3v) is 9.52. The van der Waals surface area contributed by atoms with Gasteiger partial charge in [0.15, 0.2) is 0 Å². The zero-order valence-corrected chi connectivity index (χ0v) is 26.3. The lowest BCUT2D eigenvalue weighted by Crippen LogP contribution is -2.45. The lowest BCUT2D eigenvalue weighted by atomic mass is 9.97. The Morgan fingerprint density at radius 3 is 1.81 bits per heavy atom. The minimum absolute atomic E-state index is 0.128. The van der Waals surface area contributed by atoms with Crippen molar-refractivity contribution in [2.45, 2.75) is 12.3 Å². The van der Waals surface area contributed by atoms with E-state index >= 15 is 0 Å². The third-order valence-electron chi connectivity index (χ3n) is 9.52. The fourth-order valence-corrected chi connectivity index (χ4v) is 6.96. The van der Waals surface area contributed by atoms with Crippen molar-refractivity contribution in [1.29, 1.82) is 0 Å². The van der Waals surface area contributed by atoms with Gasteiger partial charge in [-0.3, -0.25) is 5.32 Å². The molecule has 228 valence electrons. The number of nitrogens with one attached hydrogen (secondary N) is 2. The largest absolute Gasteiger partial charge is 0.350 e. The molecule has 0 bridgehead atoms. The highest BCUT2D eigenvalue weighted by Crippen LogP contribution is 2.32. The van der Waals surface area contributed by atoms with Crippen LogP contribution in [0.2, 0.25) is 0 Å². The van der Waals surface area contributed by atoms with Crippen molar-refractivity contribution in [2.24, 2.45) is 4.99 Å². The van der Waals surface area contributed by atoms with E-state index in [9.17, 15) is 0 Å². The van der Waals surface area contributed by atoms with Gasteiger partial charge in [0.25, 0.3) is 0 Å². The number of amidine groups is 1. The molecule has 0 aliphatic carbocycles. The van der Waals surface area contributed by atoms with E-state index in [0.29, 0.717) is 0 Å². The molecule has 2 atom stereocenters. The maximum Gasteiger partial charge on any atom is 0.132 e. The van der Waals surface area contributed by atoms with E-state index in [1.165, 1.54) is 60.1 Å². The van der Waals surface area contributed by atoms with E-state index in [0.717, 1.165) is 17.0 Å². The quantitative estimate of drug-likeness (QED) is 0.202.